The van der Waals surface area contributed by atoms with E-state index in [0.29, 0.717) is 12.5 Å². The molecule has 1 aliphatic rings. The summed E-state index contributed by atoms with van der Waals surface area (Å²) in [6.07, 6.45) is 4.53. The number of aromatic nitrogens is 2. The Morgan fingerprint density at radius 3 is 2.63 bits per heavy atom. The fourth-order valence-electron chi connectivity index (χ4n) is 3.76. The minimum atomic E-state index is -0.207. The summed E-state index contributed by atoms with van der Waals surface area (Å²) >= 11 is 0. The molecule has 1 fully saturated rings. The van der Waals surface area contributed by atoms with Crippen molar-refractivity contribution in [1.29, 1.82) is 0 Å². The predicted octanol–water partition coefficient (Wildman–Crippen LogP) is 3.09. The van der Waals surface area contributed by atoms with Crippen molar-refractivity contribution in [1.82, 2.24) is 19.4 Å². The molecule has 1 aliphatic heterocycles. The average Bonchev–Trinajstić information content (AvgIpc) is 2.91. The maximum atomic E-state index is 13.2. The number of hydrogen-bond acceptors (Lipinski definition) is 3. The van der Waals surface area contributed by atoms with Gasteiger partial charge in [0.2, 0.25) is 5.91 Å². The Hall–Kier alpha value is -2.21. The molecule has 3 rings (SSSR count). The van der Waals surface area contributed by atoms with Gasteiger partial charge in [0.05, 0.1) is 0 Å². The Morgan fingerprint density at radius 1 is 1.26 bits per heavy atom. The van der Waals surface area contributed by atoms with Crippen LogP contribution in [0.5, 0.6) is 0 Å². The first-order valence-corrected chi connectivity index (χ1v) is 9.68. The lowest BCUT2D eigenvalue weighted by atomic mass is 10.0. The first-order chi connectivity index (χ1) is 12.9. The fraction of sp³-hybridized carbons (Fsp3) is 0.524. The molecule has 27 heavy (non-hydrogen) atoms. The summed E-state index contributed by atoms with van der Waals surface area (Å²) in [5.41, 5.74) is 1.11. The highest BCUT2D eigenvalue weighted by atomic mass is 19.1. The summed E-state index contributed by atoms with van der Waals surface area (Å²) in [5.74, 6) is 1.22. The quantitative estimate of drug-likeness (QED) is 0.810. The Kier molecular flexibility index (Phi) is 6.26. The van der Waals surface area contributed by atoms with E-state index in [9.17, 15) is 9.18 Å². The van der Waals surface area contributed by atoms with Crippen molar-refractivity contribution >= 4 is 5.91 Å². The van der Waals surface area contributed by atoms with E-state index in [4.69, 9.17) is 0 Å². The summed E-state index contributed by atoms with van der Waals surface area (Å²) < 4.78 is 15.1. The molecule has 1 aromatic carbocycles. The molecule has 2 heterocycles. The van der Waals surface area contributed by atoms with Gasteiger partial charge in [0.1, 0.15) is 18.2 Å². The van der Waals surface area contributed by atoms with Crippen molar-refractivity contribution in [3.8, 4) is 0 Å². The second-order valence-electron chi connectivity index (χ2n) is 7.70. The molecule has 1 saturated heterocycles. The zero-order chi connectivity index (χ0) is 19.4. The monoisotopic (exact) mass is 372 g/mol. The number of imidazole rings is 1. The number of aryl methyl sites for hydroxylation is 1. The maximum absolute atomic E-state index is 13.2. The van der Waals surface area contributed by atoms with Gasteiger partial charge in [-0.2, -0.15) is 0 Å². The third kappa shape index (κ3) is 4.95. The highest BCUT2D eigenvalue weighted by Gasteiger charge is 2.29. The Balaban J connectivity index is 1.69. The van der Waals surface area contributed by atoms with E-state index in [-0.39, 0.29) is 17.8 Å². The molecule has 0 aliphatic carbocycles. The summed E-state index contributed by atoms with van der Waals surface area (Å²) in [4.78, 5) is 21.5. The molecule has 1 aromatic heterocycles. The van der Waals surface area contributed by atoms with Crippen LogP contribution in [0.15, 0.2) is 36.7 Å². The number of benzene rings is 1. The minimum absolute atomic E-state index is 0.144. The predicted molar refractivity (Wildman–Crippen MR) is 104 cm³/mol. The molecule has 0 N–H and O–H groups in total. The maximum Gasteiger partial charge on any atom is 0.242 e. The van der Waals surface area contributed by atoms with E-state index in [1.54, 1.807) is 6.20 Å². The number of rotatable bonds is 5. The standard InChI is InChI=1S/C21H29FN4O/c1-16(2)20-14-26(21(27)15-24-12-9-23-17(24)3)11-4-10-25(20)13-18-5-7-19(22)8-6-18/h5-9,12,16,20H,4,10-11,13-15H2,1-3H3/t20-/m1/s1. The van der Waals surface area contributed by atoms with Gasteiger partial charge in [0, 0.05) is 44.6 Å². The number of halogens is 1. The first-order valence-electron chi connectivity index (χ1n) is 9.68. The van der Waals surface area contributed by atoms with Gasteiger partial charge in [-0.3, -0.25) is 9.69 Å². The van der Waals surface area contributed by atoms with E-state index in [0.717, 1.165) is 44.0 Å². The number of nitrogens with zero attached hydrogens (tertiary/aromatic N) is 4. The highest BCUT2D eigenvalue weighted by molar-refractivity contribution is 5.76. The van der Waals surface area contributed by atoms with Gasteiger partial charge in [0.25, 0.3) is 0 Å². The Labute approximate surface area is 160 Å². The van der Waals surface area contributed by atoms with Crippen LogP contribution in [-0.2, 0) is 17.9 Å². The van der Waals surface area contributed by atoms with Crippen molar-refractivity contribution in [2.24, 2.45) is 5.92 Å². The van der Waals surface area contributed by atoms with Crippen LogP contribution in [0.1, 0.15) is 31.7 Å². The summed E-state index contributed by atoms with van der Waals surface area (Å²) in [6.45, 7) is 9.89. The molecule has 2 aromatic rings. The number of hydrogen-bond donors (Lipinski definition) is 0. The van der Waals surface area contributed by atoms with Gasteiger partial charge < -0.3 is 9.47 Å². The number of carbonyl (C=O) groups excluding carboxylic acids is 1. The minimum Gasteiger partial charge on any atom is -0.340 e. The summed E-state index contributed by atoms with van der Waals surface area (Å²) in [6, 6.07) is 7.01. The molecule has 0 spiro atoms. The van der Waals surface area contributed by atoms with Crippen molar-refractivity contribution in [3.05, 3.63) is 53.9 Å². The fourth-order valence-corrected chi connectivity index (χ4v) is 3.76. The van der Waals surface area contributed by atoms with Crippen molar-refractivity contribution in [2.75, 3.05) is 19.6 Å². The second kappa shape index (κ2) is 8.65. The van der Waals surface area contributed by atoms with Crippen LogP contribution in [0.3, 0.4) is 0 Å². The van der Waals surface area contributed by atoms with Crippen LogP contribution < -0.4 is 0 Å². The number of carbonyl (C=O) groups is 1. The average molecular weight is 372 g/mol. The molecule has 5 nitrogen and oxygen atoms in total. The molecule has 0 radical (unpaired) electrons. The molecule has 0 saturated carbocycles. The van der Waals surface area contributed by atoms with Gasteiger partial charge in [-0.25, -0.2) is 9.37 Å². The van der Waals surface area contributed by atoms with E-state index in [1.807, 2.05) is 34.7 Å². The summed E-state index contributed by atoms with van der Waals surface area (Å²) in [7, 11) is 0. The first kappa shape index (κ1) is 19.5. The normalized spacial score (nSPS) is 18.7. The number of amides is 1. The zero-order valence-corrected chi connectivity index (χ0v) is 16.4. The van der Waals surface area contributed by atoms with Crippen molar-refractivity contribution < 1.29 is 9.18 Å². The molecule has 1 atom stereocenters. The third-order valence-electron chi connectivity index (χ3n) is 5.40. The largest absolute Gasteiger partial charge is 0.340 e. The van der Waals surface area contributed by atoms with Gasteiger partial charge in [-0.05, 0) is 37.0 Å². The van der Waals surface area contributed by atoms with Gasteiger partial charge in [-0.15, -0.1) is 0 Å². The van der Waals surface area contributed by atoms with Gasteiger partial charge in [-0.1, -0.05) is 26.0 Å². The van der Waals surface area contributed by atoms with Crippen LogP contribution in [0, 0.1) is 18.7 Å². The van der Waals surface area contributed by atoms with Crippen molar-refractivity contribution in [2.45, 2.75) is 46.3 Å². The van der Waals surface area contributed by atoms with Gasteiger partial charge >= 0.3 is 0 Å². The van der Waals surface area contributed by atoms with Gasteiger partial charge in [0.15, 0.2) is 0 Å². The molecular weight excluding hydrogens is 343 g/mol. The summed E-state index contributed by atoms with van der Waals surface area (Å²) in [5, 5.41) is 0. The van der Waals surface area contributed by atoms with E-state index < -0.39 is 0 Å². The molecule has 0 bridgehead atoms. The van der Waals surface area contributed by atoms with Crippen LogP contribution in [0.2, 0.25) is 0 Å². The van der Waals surface area contributed by atoms with E-state index in [2.05, 4.69) is 23.7 Å². The van der Waals surface area contributed by atoms with E-state index in [1.165, 1.54) is 12.1 Å². The van der Waals surface area contributed by atoms with Crippen molar-refractivity contribution in [3.63, 3.8) is 0 Å². The topological polar surface area (TPSA) is 41.4 Å². The Bertz CT molecular complexity index is 756. The van der Waals surface area contributed by atoms with E-state index >= 15 is 0 Å². The Morgan fingerprint density at radius 2 is 2.00 bits per heavy atom. The molecule has 1 amide bonds. The highest BCUT2D eigenvalue weighted by Crippen LogP contribution is 2.20. The lowest BCUT2D eigenvalue weighted by molar-refractivity contribution is -0.132. The SMILES string of the molecule is Cc1nccn1CC(=O)N1CCCN(Cc2ccc(F)cc2)[C@@H](C(C)C)C1. The zero-order valence-electron chi connectivity index (χ0n) is 16.4. The molecule has 0 unspecified atom stereocenters. The smallest absolute Gasteiger partial charge is 0.242 e. The lowest BCUT2D eigenvalue weighted by Gasteiger charge is -2.34. The lowest BCUT2D eigenvalue weighted by Crippen LogP contribution is -2.46. The van der Waals surface area contributed by atoms with Crippen LogP contribution in [-0.4, -0.2) is 50.9 Å². The molecular formula is C21H29FN4O. The molecule has 146 valence electrons. The molecule has 6 heteroatoms. The van der Waals surface area contributed by atoms with Crippen LogP contribution >= 0.6 is 0 Å². The van der Waals surface area contributed by atoms with Crippen LogP contribution in [0.25, 0.3) is 0 Å². The third-order valence-corrected chi connectivity index (χ3v) is 5.40. The second-order valence-corrected chi connectivity index (χ2v) is 7.70. The van der Waals surface area contributed by atoms with Crippen LogP contribution in [0.4, 0.5) is 4.39 Å².